The Labute approximate surface area is 95.4 Å². The Hall–Kier alpha value is -1.80. The fraction of sp³-hybridized carbons (Fsp3) is 0.143. The highest BCUT2D eigenvalue weighted by molar-refractivity contribution is 5.49. The third-order valence-corrected chi connectivity index (χ3v) is 2.73. The molecule has 2 aromatic carbocycles. The standard InChI is InChI=1S/C14H15NO/c1-10-7-8-12(9-13(10)15)14(16)11-5-3-2-4-6-11/h2-9,14,16H,15H2,1H3/t14-/m1/s1. The maximum atomic E-state index is 10.2. The number of hydrogen-bond donors (Lipinski definition) is 2. The maximum absolute atomic E-state index is 10.2. The normalized spacial score (nSPS) is 12.4. The summed E-state index contributed by atoms with van der Waals surface area (Å²) in [7, 11) is 0. The number of aryl methyl sites for hydroxylation is 1. The van der Waals surface area contributed by atoms with Crippen molar-refractivity contribution in [2.75, 3.05) is 5.73 Å². The summed E-state index contributed by atoms with van der Waals surface area (Å²) in [5.74, 6) is 0. The number of aliphatic hydroxyl groups excluding tert-OH is 1. The van der Waals surface area contributed by atoms with Crippen molar-refractivity contribution in [3.63, 3.8) is 0 Å². The second-order valence-corrected chi connectivity index (χ2v) is 3.93. The Balaban J connectivity index is 2.34. The molecule has 3 N–H and O–H groups in total. The highest BCUT2D eigenvalue weighted by atomic mass is 16.3. The molecule has 2 nitrogen and oxygen atoms in total. The van der Waals surface area contributed by atoms with Gasteiger partial charge in [-0.1, -0.05) is 42.5 Å². The number of hydrogen-bond acceptors (Lipinski definition) is 2. The summed E-state index contributed by atoms with van der Waals surface area (Å²) in [5, 5.41) is 10.2. The van der Waals surface area contributed by atoms with Crippen LogP contribution in [0.1, 0.15) is 22.8 Å². The van der Waals surface area contributed by atoms with Gasteiger partial charge in [-0.2, -0.15) is 0 Å². The lowest BCUT2D eigenvalue weighted by molar-refractivity contribution is 0.220. The number of rotatable bonds is 2. The molecule has 0 aliphatic rings. The van der Waals surface area contributed by atoms with Gasteiger partial charge in [-0.3, -0.25) is 0 Å². The zero-order chi connectivity index (χ0) is 11.5. The molecule has 2 rings (SSSR count). The maximum Gasteiger partial charge on any atom is 0.104 e. The number of nitrogens with two attached hydrogens (primary N) is 1. The molecule has 0 heterocycles. The molecule has 0 radical (unpaired) electrons. The van der Waals surface area contributed by atoms with Gasteiger partial charge in [0.2, 0.25) is 0 Å². The van der Waals surface area contributed by atoms with Crippen LogP contribution in [0, 0.1) is 6.92 Å². The van der Waals surface area contributed by atoms with E-state index < -0.39 is 6.10 Å². The Morgan fingerprint density at radius 2 is 1.69 bits per heavy atom. The van der Waals surface area contributed by atoms with Crippen molar-refractivity contribution in [3.05, 3.63) is 65.2 Å². The monoisotopic (exact) mass is 213 g/mol. The minimum atomic E-state index is -0.607. The van der Waals surface area contributed by atoms with Crippen LogP contribution in [0.3, 0.4) is 0 Å². The molecule has 2 aromatic rings. The van der Waals surface area contributed by atoms with Crippen molar-refractivity contribution < 1.29 is 5.11 Å². The van der Waals surface area contributed by atoms with Crippen molar-refractivity contribution in [2.45, 2.75) is 13.0 Å². The number of nitrogen functional groups attached to an aromatic ring is 1. The van der Waals surface area contributed by atoms with E-state index >= 15 is 0 Å². The number of benzene rings is 2. The van der Waals surface area contributed by atoms with Gasteiger partial charge in [-0.15, -0.1) is 0 Å². The molecule has 0 aromatic heterocycles. The summed E-state index contributed by atoms with van der Waals surface area (Å²) in [6.45, 7) is 1.95. The molecule has 0 fully saturated rings. The first kappa shape index (κ1) is 10.7. The van der Waals surface area contributed by atoms with E-state index in [0.717, 1.165) is 16.7 Å². The molecule has 2 heteroatoms. The molecular formula is C14H15NO. The molecule has 0 spiro atoms. The third kappa shape index (κ3) is 2.07. The van der Waals surface area contributed by atoms with Crippen molar-refractivity contribution in [1.29, 1.82) is 0 Å². The van der Waals surface area contributed by atoms with Crippen molar-refractivity contribution in [3.8, 4) is 0 Å². The minimum Gasteiger partial charge on any atom is -0.399 e. The van der Waals surface area contributed by atoms with E-state index in [0.29, 0.717) is 5.69 Å². The van der Waals surface area contributed by atoms with Gasteiger partial charge in [-0.25, -0.2) is 0 Å². The van der Waals surface area contributed by atoms with Crippen LogP contribution < -0.4 is 5.73 Å². The van der Waals surface area contributed by atoms with Crippen LogP contribution >= 0.6 is 0 Å². The lowest BCUT2D eigenvalue weighted by Gasteiger charge is -2.12. The van der Waals surface area contributed by atoms with Crippen LogP contribution in [0.25, 0.3) is 0 Å². The fourth-order valence-electron chi connectivity index (χ4n) is 1.66. The van der Waals surface area contributed by atoms with E-state index in [-0.39, 0.29) is 0 Å². The molecule has 0 aliphatic heterocycles. The quantitative estimate of drug-likeness (QED) is 0.753. The van der Waals surface area contributed by atoms with E-state index in [9.17, 15) is 5.11 Å². The minimum absolute atomic E-state index is 0.607. The van der Waals surface area contributed by atoms with E-state index in [1.54, 1.807) is 0 Å². The van der Waals surface area contributed by atoms with Gasteiger partial charge in [-0.05, 0) is 29.7 Å². The van der Waals surface area contributed by atoms with Gasteiger partial charge < -0.3 is 10.8 Å². The number of aliphatic hydroxyl groups is 1. The first-order chi connectivity index (χ1) is 7.68. The molecule has 0 amide bonds. The predicted molar refractivity (Wildman–Crippen MR) is 66.1 cm³/mol. The average Bonchev–Trinajstić information content (AvgIpc) is 2.33. The van der Waals surface area contributed by atoms with Crippen LogP contribution in [-0.4, -0.2) is 5.11 Å². The van der Waals surface area contributed by atoms with Gasteiger partial charge in [0.1, 0.15) is 6.10 Å². The van der Waals surface area contributed by atoms with Gasteiger partial charge in [0, 0.05) is 5.69 Å². The smallest absolute Gasteiger partial charge is 0.104 e. The van der Waals surface area contributed by atoms with Crippen LogP contribution in [-0.2, 0) is 0 Å². The van der Waals surface area contributed by atoms with Crippen LogP contribution in [0.2, 0.25) is 0 Å². The molecule has 82 valence electrons. The predicted octanol–water partition coefficient (Wildman–Crippen LogP) is 2.66. The van der Waals surface area contributed by atoms with Gasteiger partial charge >= 0.3 is 0 Å². The van der Waals surface area contributed by atoms with Gasteiger partial charge in [0.25, 0.3) is 0 Å². The molecule has 0 aliphatic carbocycles. The lowest BCUT2D eigenvalue weighted by atomic mass is 10.00. The second kappa shape index (κ2) is 4.37. The Morgan fingerprint density at radius 3 is 2.31 bits per heavy atom. The molecule has 16 heavy (non-hydrogen) atoms. The topological polar surface area (TPSA) is 46.2 Å². The molecule has 0 saturated carbocycles. The van der Waals surface area contributed by atoms with Gasteiger partial charge in [0.05, 0.1) is 0 Å². The fourth-order valence-corrected chi connectivity index (χ4v) is 1.66. The summed E-state index contributed by atoms with van der Waals surface area (Å²) in [4.78, 5) is 0. The highest BCUT2D eigenvalue weighted by Crippen LogP contribution is 2.24. The summed E-state index contributed by atoms with van der Waals surface area (Å²) in [6, 6.07) is 15.2. The summed E-state index contributed by atoms with van der Waals surface area (Å²) in [5.41, 5.74) is 9.28. The highest BCUT2D eigenvalue weighted by Gasteiger charge is 2.10. The van der Waals surface area contributed by atoms with E-state index in [1.165, 1.54) is 0 Å². The van der Waals surface area contributed by atoms with Crippen molar-refractivity contribution in [2.24, 2.45) is 0 Å². The van der Waals surface area contributed by atoms with Crippen molar-refractivity contribution >= 4 is 5.69 Å². The average molecular weight is 213 g/mol. The molecule has 0 bridgehead atoms. The number of anilines is 1. The zero-order valence-corrected chi connectivity index (χ0v) is 9.22. The summed E-state index contributed by atoms with van der Waals surface area (Å²) >= 11 is 0. The van der Waals surface area contributed by atoms with Crippen LogP contribution in [0.15, 0.2) is 48.5 Å². The van der Waals surface area contributed by atoms with E-state index in [4.69, 9.17) is 5.73 Å². The Kier molecular flexibility index (Phi) is 2.93. The SMILES string of the molecule is Cc1ccc([C@H](O)c2ccccc2)cc1N. The Bertz CT molecular complexity index is 479. The van der Waals surface area contributed by atoms with E-state index in [2.05, 4.69) is 0 Å². The Morgan fingerprint density at radius 1 is 1.00 bits per heavy atom. The molecule has 0 saturated heterocycles. The van der Waals surface area contributed by atoms with Crippen LogP contribution in [0.5, 0.6) is 0 Å². The molecule has 1 atom stereocenters. The zero-order valence-electron chi connectivity index (χ0n) is 9.22. The largest absolute Gasteiger partial charge is 0.399 e. The summed E-state index contributed by atoms with van der Waals surface area (Å²) in [6.07, 6.45) is -0.607. The molecular weight excluding hydrogens is 198 g/mol. The third-order valence-electron chi connectivity index (χ3n) is 2.73. The lowest BCUT2D eigenvalue weighted by Crippen LogP contribution is -2.01. The first-order valence-electron chi connectivity index (χ1n) is 5.27. The van der Waals surface area contributed by atoms with Crippen molar-refractivity contribution in [1.82, 2.24) is 0 Å². The van der Waals surface area contributed by atoms with Crippen LogP contribution in [0.4, 0.5) is 5.69 Å². The first-order valence-corrected chi connectivity index (χ1v) is 5.27. The molecule has 0 unspecified atom stereocenters. The second-order valence-electron chi connectivity index (χ2n) is 3.93. The van der Waals surface area contributed by atoms with E-state index in [1.807, 2.05) is 55.5 Å². The summed E-state index contributed by atoms with van der Waals surface area (Å²) < 4.78 is 0. The van der Waals surface area contributed by atoms with Gasteiger partial charge in [0.15, 0.2) is 0 Å².